The van der Waals surface area contributed by atoms with Crippen LogP contribution >= 0.6 is 0 Å². The number of aryl methyl sites for hydroxylation is 1. The number of rotatable bonds is 5. The van der Waals surface area contributed by atoms with Gasteiger partial charge in [-0.2, -0.15) is 0 Å². The smallest absolute Gasteiger partial charge is 0.340 e. The van der Waals surface area contributed by atoms with Gasteiger partial charge in [0.05, 0.1) is 36.4 Å². The maximum atomic E-state index is 12.3. The van der Waals surface area contributed by atoms with Crippen molar-refractivity contribution < 1.29 is 26.4 Å². The summed E-state index contributed by atoms with van der Waals surface area (Å²) in [7, 11) is -6.02. The second-order valence-electron chi connectivity index (χ2n) is 5.75. The molecule has 0 spiro atoms. The van der Waals surface area contributed by atoms with Crippen molar-refractivity contribution in [3.05, 3.63) is 29.0 Å². The van der Waals surface area contributed by atoms with E-state index in [0.29, 0.717) is 22.2 Å². The summed E-state index contributed by atoms with van der Waals surface area (Å²) in [5.41, 5.74) is 1.51. The third kappa shape index (κ3) is 3.64. The number of carbonyl (C=O) groups excluding carboxylic acids is 1. The second-order valence-corrected chi connectivity index (χ2v) is 9.33. The van der Waals surface area contributed by atoms with Crippen molar-refractivity contribution in [2.24, 2.45) is 0 Å². The van der Waals surface area contributed by atoms with Crippen LogP contribution in [-0.2, 0) is 31.2 Å². The molecular formula is C15H20N2O6S2. The summed E-state index contributed by atoms with van der Waals surface area (Å²) in [6.45, 7) is 3.38. The van der Waals surface area contributed by atoms with Crippen LogP contribution in [0.5, 0.6) is 0 Å². The number of aromatic nitrogens is 1. The molecule has 0 atom stereocenters. The zero-order valence-electron chi connectivity index (χ0n) is 14.6. The average Bonchev–Trinajstić information content (AvgIpc) is 2.78. The first kappa shape index (κ1) is 19.3. The highest BCUT2D eigenvalue weighted by Crippen LogP contribution is 2.33. The van der Waals surface area contributed by atoms with Gasteiger partial charge in [-0.3, -0.25) is 4.72 Å². The van der Waals surface area contributed by atoms with E-state index in [1.807, 2.05) is 0 Å². The quantitative estimate of drug-likeness (QED) is 0.777. The van der Waals surface area contributed by atoms with Crippen molar-refractivity contribution in [1.82, 2.24) is 3.97 Å². The number of nitrogens with one attached hydrogen (secondary N) is 1. The van der Waals surface area contributed by atoms with Crippen LogP contribution in [0.4, 0.5) is 5.69 Å². The molecule has 1 aromatic carbocycles. The molecule has 25 heavy (non-hydrogen) atoms. The highest BCUT2D eigenvalue weighted by Gasteiger charge is 2.27. The molecule has 0 saturated carbocycles. The molecule has 8 nitrogen and oxygen atoms in total. The molecule has 0 radical (unpaired) electrons. The van der Waals surface area contributed by atoms with Crippen molar-refractivity contribution in [3.63, 3.8) is 0 Å². The summed E-state index contributed by atoms with van der Waals surface area (Å²) < 4.78 is 55.9. The first-order valence-corrected chi connectivity index (χ1v) is 11.1. The van der Waals surface area contributed by atoms with Gasteiger partial charge >= 0.3 is 5.97 Å². The van der Waals surface area contributed by atoms with Crippen molar-refractivity contribution in [2.45, 2.75) is 20.3 Å². The molecule has 1 heterocycles. The maximum absolute atomic E-state index is 12.3. The van der Waals surface area contributed by atoms with Crippen LogP contribution < -0.4 is 4.72 Å². The third-order valence-corrected chi connectivity index (χ3v) is 5.39. The lowest BCUT2D eigenvalue weighted by Crippen LogP contribution is -2.15. The lowest BCUT2D eigenvalue weighted by Gasteiger charge is -2.10. The summed E-state index contributed by atoms with van der Waals surface area (Å²) in [6.07, 6.45) is 2.34. The average molecular weight is 388 g/mol. The van der Waals surface area contributed by atoms with Gasteiger partial charge in [0.2, 0.25) is 20.0 Å². The van der Waals surface area contributed by atoms with Crippen molar-refractivity contribution in [3.8, 4) is 0 Å². The SMILES string of the molecule is CCc1c(C(=O)OC)c2cc(NS(C)(=O)=O)c(C)cc2n1S(C)(=O)=O. The molecule has 138 valence electrons. The van der Waals surface area contributed by atoms with Crippen molar-refractivity contribution in [2.75, 3.05) is 24.3 Å². The van der Waals surface area contributed by atoms with E-state index in [2.05, 4.69) is 4.72 Å². The summed E-state index contributed by atoms with van der Waals surface area (Å²) in [6, 6.07) is 2.99. The minimum atomic E-state index is -3.69. The van der Waals surface area contributed by atoms with E-state index in [0.717, 1.165) is 16.5 Å². The van der Waals surface area contributed by atoms with Gasteiger partial charge in [-0.05, 0) is 31.0 Å². The van der Waals surface area contributed by atoms with Gasteiger partial charge < -0.3 is 4.74 Å². The van der Waals surface area contributed by atoms with Crippen LogP contribution in [0, 0.1) is 6.92 Å². The number of hydrogen-bond acceptors (Lipinski definition) is 6. The summed E-state index contributed by atoms with van der Waals surface area (Å²) >= 11 is 0. The van der Waals surface area contributed by atoms with Crippen LogP contribution in [-0.4, -0.2) is 46.4 Å². The zero-order valence-corrected chi connectivity index (χ0v) is 16.2. The predicted molar refractivity (Wildman–Crippen MR) is 96.1 cm³/mol. The monoisotopic (exact) mass is 388 g/mol. The Labute approximate surface area is 146 Å². The number of nitrogens with zero attached hydrogens (tertiary/aromatic N) is 1. The molecule has 1 N–H and O–H groups in total. The molecule has 0 saturated heterocycles. The predicted octanol–water partition coefficient (Wildman–Crippen LogP) is 1.48. The second kappa shape index (κ2) is 6.34. The first-order valence-electron chi connectivity index (χ1n) is 7.35. The Morgan fingerprint density at radius 2 is 1.80 bits per heavy atom. The lowest BCUT2D eigenvalue weighted by molar-refractivity contribution is 0.0601. The Morgan fingerprint density at radius 3 is 2.24 bits per heavy atom. The molecule has 0 bridgehead atoms. The normalized spacial score (nSPS) is 12.4. The number of methoxy groups -OCH3 is 1. The fourth-order valence-electron chi connectivity index (χ4n) is 2.80. The number of anilines is 1. The molecular weight excluding hydrogens is 368 g/mol. The van der Waals surface area contributed by atoms with E-state index in [9.17, 15) is 21.6 Å². The van der Waals surface area contributed by atoms with E-state index >= 15 is 0 Å². The first-order chi connectivity index (χ1) is 11.4. The largest absolute Gasteiger partial charge is 0.465 e. The van der Waals surface area contributed by atoms with Crippen molar-refractivity contribution >= 4 is 42.6 Å². The molecule has 0 fully saturated rings. The van der Waals surface area contributed by atoms with E-state index in [1.165, 1.54) is 19.2 Å². The Kier molecular flexibility index (Phi) is 4.88. The van der Waals surface area contributed by atoms with Crippen molar-refractivity contribution in [1.29, 1.82) is 0 Å². The number of esters is 1. The van der Waals surface area contributed by atoms with Crippen LogP contribution in [0.3, 0.4) is 0 Å². The van der Waals surface area contributed by atoms with Crippen LogP contribution in [0.1, 0.15) is 28.5 Å². The molecule has 2 rings (SSSR count). The maximum Gasteiger partial charge on any atom is 0.340 e. The number of ether oxygens (including phenoxy) is 1. The van der Waals surface area contributed by atoms with E-state index in [4.69, 9.17) is 4.74 Å². The minimum absolute atomic E-state index is 0.113. The van der Waals surface area contributed by atoms with Gasteiger partial charge in [0.15, 0.2) is 0 Å². The number of sulfonamides is 1. The topological polar surface area (TPSA) is 112 Å². The highest BCUT2D eigenvalue weighted by molar-refractivity contribution is 7.92. The molecule has 0 unspecified atom stereocenters. The van der Waals surface area contributed by atoms with E-state index in [1.54, 1.807) is 13.8 Å². The molecule has 0 aliphatic carbocycles. The van der Waals surface area contributed by atoms with E-state index in [-0.39, 0.29) is 17.7 Å². The number of carbonyl (C=O) groups is 1. The molecule has 2 aromatic rings. The van der Waals surface area contributed by atoms with E-state index < -0.39 is 26.0 Å². The molecule has 0 amide bonds. The summed E-state index contributed by atoms with van der Waals surface area (Å²) in [5, 5.41) is 0.311. The van der Waals surface area contributed by atoms with Crippen LogP contribution in [0.25, 0.3) is 10.9 Å². The van der Waals surface area contributed by atoms with Gasteiger partial charge in [-0.25, -0.2) is 25.6 Å². The molecule has 0 aliphatic rings. The molecule has 10 heteroatoms. The summed E-state index contributed by atoms with van der Waals surface area (Å²) in [4.78, 5) is 12.3. The Bertz CT molecular complexity index is 1070. The minimum Gasteiger partial charge on any atom is -0.465 e. The fourth-order valence-corrected chi connectivity index (χ4v) is 4.55. The van der Waals surface area contributed by atoms with Gasteiger partial charge in [0.25, 0.3) is 0 Å². The Balaban J connectivity index is 3.01. The molecule has 0 aliphatic heterocycles. The van der Waals surface area contributed by atoms with Crippen LogP contribution in [0.15, 0.2) is 12.1 Å². The van der Waals surface area contributed by atoms with Gasteiger partial charge in [0.1, 0.15) is 0 Å². The lowest BCUT2D eigenvalue weighted by atomic mass is 10.1. The van der Waals surface area contributed by atoms with Gasteiger partial charge in [-0.1, -0.05) is 6.92 Å². The van der Waals surface area contributed by atoms with Gasteiger partial charge in [-0.15, -0.1) is 0 Å². The number of benzene rings is 1. The van der Waals surface area contributed by atoms with Gasteiger partial charge in [0, 0.05) is 11.1 Å². The Morgan fingerprint density at radius 1 is 1.20 bits per heavy atom. The zero-order chi connectivity index (χ0) is 19.2. The number of hydrogen-bond donors (Lipinski definition) is 1. The fraction of sp³-hybridized carbons (Fsp3) is 0.400. The standard InChI is InChI=1S/C15H20N2O6S2/c1-6-12-14(15(18)23-3)10-8-11(16-24(4,19)20)9(2)7-13(10)17(12)25(5,21)22/h7-8,16H,6H2,1-5H3. The van der Waals surface area contributed by atoms with Crippen LogP contribution in [0.2, 0.25) is 0 Å². The highest BCUT2D eigenvalue weighted by atomic mass is 32.2. The summed E-state index contributed by atoms with van der Waals surface area (Å²) in [5.74, 6) is -0.682. The number of fused-ring (bicyclic) bond motifs is 1. The third-order valence-electron chi connectivity index (χ3n) is 3.72. The Hall–Kier alpha value is -2.07. The molecule has 1 aromatic heterocycles.